The van der Waals surface area contributed by atoms with Gasteiger partial charge in [-0.15, -0.1) is 11.3 Å². The molecule has 6 nitrogen and oxygen atoms in total. The van der Waals surface area contributed by atoms with Crippen molar-refractivity contribution in [1.82, 2.24) is 19.8 Å². The van der Waals surface area contributed by atoms with Gasteiger partial charge in [0, 0.05) is 43.2 Å². The Morgan fingerprint density at radius 2 is 1.86 bits per heavy atom. The van der Waals surface area contributed by atoms with Gasteiger partial charge in [-0.1, -0.05) is 0 Å². The number of rotatable bonds is 5. The van der Waals surface area contributed by atoms with Crippen LogP contribution in [-0.4, -0.2) is 53.1 Å². The normalized spacial score (nSPS) is 15.9. The first kappa shape index (κ1) is 20.0. The van der Waals surface area contributed by atoms with Crippen LogP contribution in [-0.2, 0) is 13.1 Å². The van der Waals surface area contributed by atoms with Crippen LogP contribution in [0.25, 0.3) is 10.2 Å². The average Bonchev–Trinajstić information content (AvgIpc) is 2.98. The summed E-state index contributed by atoms with van der Waals surface area (Å²) in [5.74, 6) is 1.18. The predicted octanol–water partition coefficient (Wildman–Crippen LogP) is 3.07. The van der Waals surface area contributed by atoms with Crippen LogP contribution >= 0.6 is 11.3 Å². The lowest BCUT2D eigenvalue weighted by Gasteiger charge is -2.34. The molecule has 1 aromatic carbocycles. The van der Waals surface area contributed by atoms with Crippen molar-refractivity contribution in [2.45, 2.75) is 26.9 Å². The lowest BCUT2D eigenvalue weighted by Crippen LogP contribution is -2.45. The summed E-state index contributed by atoms with van der Waals surface area (Å²) >= 11 is 1.57. The lowest BCUT2D eigenvalue weighted by molar-refractivity contribution is 0.119. The number of aromatic amines is 1. The van der Waals surface area contributed by atoms with Gasteiger partial charge >= 0.3 is 0 Å². The maximum atomic E-state index is 13.6. The van der Waals surface area contributed by atoms with E-state index in [2.05, 4.69) is 19.8 Å². The molecule has 0 bridgehead atoms. The van der Waals surface area contributed by atoms with Crippen molar-refractivity contribution in [3.8, 4) is 5.75 Å². The molecule has 0 atom stereocenters. The number of ether oxygens (including phenoxy) is 1. The van der Waals surface area contributed by atoms with E-state index in [-0.39, 0.29) is 11.4 Å². The van der Waals surface area contributed by atoms with Crippen molar-refractivity contribution in [1.29, 1.82) is 0 Å². The molecule has 3 heterocycles. The Morgan fingerprint density at radius 1 is 1.17 bits per heavy atom. The third-order valence-corrected chi connectivity index (χ3v) is 6.66. The van der Waals surface area contributed by atoms with Gasteiger partial charge in [-0.2, -0.15) is 0 Å². The van der Waals surface area contributed by atoms with E-state index in [9.17, 15) is 9.18 Å². The van der Waals surface area contributed by atoms with Gasteiger partial charge in [-0.05, 0) is 37.6 Å². The number of hydrogen-bond donors (Lipinski definition) is 1. The summed E-state index contributed by atoms with van der Waals surface area (Å²) < 4.78 is 18.9. The van der Waals surface area contributed by atoms with Crippen LogP contribution in [0.3, 0.4) is 0 Å². The number of aromatic nitrogens is 2. The summed E-state index contributed by atoms with van der Waals surface area (Å²) in [6.07, 6.45) is 0. The second-order valence-corrected chi connectivity index (χ2v) is 8.69. The minimum absolute atomic E-state index is 0.0521. The second-order valence-electron chi connectivity index (χ2n) is 7.48. The predicted molar refractivity (Wildman–Crippen MR) is 113 cm³/mol. The SMILES string of the molecule is COc1ccc(F)cc1CN1CCN(Cc2nc3sc(C)c(C)c3c(=O)[nH]2)CC1. The Morgan fingerprint density at radius 3 is 2.55 bits per heavy atom. The number of benzene rings is 1. The highest BCUT2D eigenvalue weighted by Crippen LogP contribution is 2.26. The van der Waals surface area contributed by atoms with Crippen LogP contribution in [0.1, 0.15) is 21.8 Å². The first-order valence-electron chi connectivity index (χ1n) is 9.70. The van der Waals surface area contributed by atoms with Crippen LogP contribution in [0.5, 0.6) is 5.75 Å². The smallest absolute Gasteiger partial charge is 0.259 e. The van der Waals surface area contributed by atoms with Gasteiger partial charge in [-0.3, -0.25) is 14.6 Å². The zero-order chi connectivity index (χ0) is 20.5. The molecule has 0 spiro atoms. The second kappa shape index (κ2) is 8.22. The summed E-state index contributed by atoms with van der Waals surface area (Å²) in [5, 5.41) is 0.713. The van der Waals surface area contributed by atoms with Gasteiger partial charge in [0.1, 0.15) is 22.2 Å². The van der Waals surface area contributed by atoms with E-state index in [0.29, 0.717) is 30.0 Å². The molecule has 29 heavy (non-hydrogen) atoms. The van der Waals surface area contributed by atoms with Crippen LogP contribution in [0, 0.1) is 19.7 Å². The Hall–Kier alpha value is -2.29. The van der Waals surface area contributed by atoms with Crippen molar-refractivity contribution in [3.05, 3.63) is 56.2 Å². The van der Waals surface area contributed by atoms with Crippen molar-refractivity contribution < 1.29 is 9.13 Å². The number of halogens is 1. The summed E-state index contributed by atoms with van der Waals surface area (Å²) in [6.45, 7) is 8.73. The molecule has 0 unspecified atom stereocenters. The topological polar surface area (TPSA) is 61.5 Å². The first-order valence-corrected chi connectivity index (χ1v) is 10.5. The minimum atomic E-state index is -0.246. The highest BCUT2D eigenvalue weighted by atomic mass is 32.1. The Kier molecular flexibility index (Phi) is 5.67. The maximum Gasteiger partial charge on any atom is 0.259 e. The van der Waals surface area contributed by atoms with E-state index >= 15 is 0 Å². The van der Waals surface area contributed by atoms with Gasteiger partial charge in [0.05, 0.1) is 19.0 Å². The molecule has 3 aromatic rings. The fourth-order valence-electron chi connectivity index (χ4n) is 3.80. The molecule has 0 radical (unpaired) electrons. The average molecular weight is 417 g/mol. The summed E-state index contributed by atoms with van der Waals surface area (Å²) in [7, 11) is 1.61. The van der Waals surface area contributed by atoms with Gasteiger partial charge in [0.15, 0.2) is 0 Å². The monoisotopic (exact) mass is 416 g/mol. The fourth-order valence-corrected chi connectivity index (χ4v) is 4.85. The lowest BCUT2D eigenvalue weighted by atomic mass is 10.1. The third kappa shape index (κ3) is 4.19. The van der Waals surface area contributed by atoms with Crippen LogP contribution in [0.15, 0.2) is 23.0 Å². The first-order chi connectivity index (χ1) is 13.9. The van der Waals surface area contributed by atoms with E-state index < -0.39 is 0 Å². The summed E-state index contributed by atoms with van der Waals surface area (Å²) in [6, 6.07) is 4.63. The number of piperazine rings is 1. The molecular formula is C21H25FN4O2S. The number of nitrogens with one attached hydrogen (secondary N) is 1. The maximum absolute atomic E-state index is 13.6. The van der Waals surface area contributed by atoms with E-state index in [0.717, 1.165) is 47.0 Å². The van der Waals surface area contributed by atoms with E-state index in [1.54, 1.807) is 30.6 Å². The molecule has 0 aliphatic carbocycles. The Labute approximate surface area is 172 Å². The third-order valence-electron chi connectivity index (χ3n) is 5.56. The molecule has 0 amide bonds. The van der Waals surface area contributed by atoms with Crippen LogP contribution in [0.2, 0.25) is 0 Å². The molecule has 1 aliphatic heterocycles. The summed E-state index contributed by atoms with van der Waals surface area (Å²) in [5.41, 5.74) is 1.83. The zero-order valence-electron chi connectivity index (χ0n) is 16.9. The Bertz CT molecular complexity index is 1090. The largest absolute Gasteiger partial charge is 0.496 e. The fraction of sp³-hybridized carbons (Fsp3) is 0.429. The zero-order valence-corrected chi connectivity index (χ0v) is 17.7. The van der Waals surface area contributed by atoms with Gasteiger partial charge in [0.25, 0.3) is 5.56 Å². The van der Waals surface area contributed by atoms with Crippen molar-refractivity contribution in [3.63, 3.8) is 0 Å². The van der Waals surface area contributed by atoms with E-state index in [1.807, 2.05) is 13.8 Å². The quantitative estimate of drug-likeness (QED) is 0.693. The molecule has 4 rings (SSSR count). The van der Waals surface area contributed by atoms with Crippen molar-refractivity contribution in [2.24, 2.45) is 0 Å². The highest BCUT2D eigenvalue weighted by Gasteiger charge is 2.20. The molecule has 1 aliphatic rings. The van der Waals surface area contributed by atoms with Gasteiger partial charge in [0.2, 0.25) is 0 Å². The molecule has 0 saturated carbocycles. The van der Waals surface area contributed by atoms with Crippen LogP contribution in [0.4, 0.5) is 4.39 Å². The highest BCUT2D eigenvalue weighted by molar-refractivity contribution is 7.18. The molecule has 1 N–H and O–H groups in total. The summed E-state index contributed by atoms with van der Waals surface area (Å²) in [4.78, 5) is 26.6. The van der Waals surface area contributed by atoms with Crippen LogP contribution < -0.4 is 10.3 Å². The molecule has 1 fully saturated rings. The van der Waals surface area contributed by atoms with E-state index in [4.69, 9.17) is 4.74 Å². The number of H-pyrrole nitrogens is 1. The number of aryl methyl sites for hydroxylation is 2. The number of hydrogen-bond acceptors (Lipinski definition) is 6. The van der Waals surface area contributed by atoms with Gasteiger partial charge in [-0.25, -0.2) is 9.37 Å². The number of nitrogens with zero attached hydrogens (tertiary/aromatic N) is 3. The van der Waals surface area contributed by atoms with Crippen molar-refractivity contribution >= 4 is 21.6 Å². The molecule has 1 saturated heterocycles. The Balaban J connectivity index is 1.40. The molecule has 2 aromatic heterocycles. The number of thiophene rings is 1. The van der Waals surface area contributed by atoms with Crippen molar-refractivity contribution in [2.75, 3.05) is 33.3 Å². The van der Waals surface area contributed by atoms with E-state index in [1.165, 1.54) is 6.07 Å². The minimum Gasteiger partial charge on any atom is -0.496 e. The molecule has 8 heteroatoms. The number of methoxy groups -OCH3 is 1. The van der Waals surface area contributed by atoms with Gasteiger partial charge < -0.3 is 9.72 Å². The number of fused-ring (bicyclic) bond motifs is 1. The molecular weight excluding hydrogens is 391 g/mol. The molecule has 154 valence electrons. The standard InChI is InChI=1S/C21H25FN4O2S/c1-13-14(2)29-21-19(13)20(27)23-18(24-21)12-26-8-6-25(7-9-26)11-15-10-16(22)4-5-17(15)28-3/h4-5,10H,6-9,11-12H2,1-3H3,(H,23,24,27).